The van der Waals surface area contributed by atoms with Crippen LogP contribution in [-0.2, 0) is 6.54 Å². The van der Waals surface area contributed by atoms with Gasteiger partial charge in [-0.25, -0.2) is 18.4 Å². The van der Waals surface area contributed by atoms with Crippen molar-refractivity contribution < 1.29 is 13.7 Å². The molecule has 3 aromatic rings. The van der Waals surface area contributed by atoms with Gasteiger partial charge >= 0.3 is 0 Å². The normalized spacial score (nSPS) is 11.1. The van der Waals surface area contributed by atoms with Crippen LogP contribution in [-0.4, -0.2) is 24.7 Å². The number of hydrogen-bond acceptors (Lipinski definition) is 6. The van der Waals surface area contributed by atoms with Crippen molar-refractivity contribution in [2.45, 2.75) is 13.5 Å². The molecule has 118 valence electrons. The number of nitrogen functional groups attached to an aromatic ring is 1. The number of nitrogens with two attached hydrogens (primary N) is 1. The first-order valence-electron chi connectivity index (χ1n) is 6.44. The smallest absolute Gasteiger partial charge is 0.275 e. The van der Waals surface area contributed by atoms with Crippen LogP contribution in [0.1, 0.15) is 11.3 Å². The van der Waals surface area contributed by atoms with E-state index in [0.29, 0.717) is 28.9 Å². The van der Waals surface area contributed by atoms with E-state index in [0.717, 1.165) is 0 Å². The highest BCUT2D eigenvalue weighted by Gasteiger charge is 2.19. The van der Waals surface area contributed by atoms with Crippen LogP contribution in [0.2, 0.25) is 0 Å². The van der Waals surface area contributed by atoms with Crippen molar-refractivity contribution >= 4 is 22.7 Å². The highest BCUT2D eigenvalue weighted by Crippen LogP contribution is 2.23. The number of aryl methyl sites for hydroxylation is 1. The van der Waals surface area contributed by atoms with Crippen molar-refractivity contribution in [2.24, 2.45) is 0 Å². The fraction of sp³-hybridized carbons (Fsp3) is 0.154. The fourth-order valence-corrected chi connectivity index (χ4v) is 2.23. The molecule has 0 saturated carbocycles. The molecule has 0 aliphatic heterocycles. The third kappa shape index (κ3) is 2.54. The van der Waals surface area contributed by atoms with Gasteiger partial charge in [0.2, 0.25) is 5.95 Å². The Balaban J connectivity index is 2.08. The Kier molecular flexibility index (Phi) is 3.36. The van der Waals surface area contributed by atoms with E-state index in [4.69, 9.17) is 5.73 Å². The molecule has 0 aliphatic rings. The van der Waals surface area contributed by atoms with Gasteiger partial charge in [-0.3, -0.25) is 10.1 Å². The van der Waals surface area contributed by atoms with Crippen LogP contribution in [0.3, 0.4) is 0 Å². The Morgan fingerprint density at radius 2 is 1.96 bits per heavy atom. The van der Waals surface area contributed by atoms with Crippen molar-refractivity contribution in [1.82, 2.24) is 19.7 Å². The van der Waals surface area contributed by atoms with E-state index in [1.165, 1.54) is 10.9 Å². The minimum Gasteiger partial charge on any atom is -0.368 e. The minimum atomic E-state index is -1.03. The first kappa shape index (κ1) is 14.8. The molecule has 2 N–H and O–H groups in total. The summed E-state index contributed by atoms with van der Waals surface area (Å²) in [5.74, 6) is -2.04. The second-order valence-corrected chi connectivity index (χ2v) is 4.85. The number of non-ortho nitro benzene ring substituents is 1. The average molecular weight is 320 g/mol. The zero-order chi connectivity index (χ0) is 16.7. The molecule has 0 atom stereocenters. The van der Waals surface area contributed by atoms with Crippen molar-refractivity contribution in [3.63, 3.8) is 0 Å². The zero-order valence-electron chi connectivity index (χ0n) is 11.8. The molecule has 8 nitrogen and oxygen atoms in total. The SMILES string of the molecule is Cc1nc(N)nc2c1cnn2Cc1c(F)cc([N+](=O)[O-])cc1F. The summed E-state index contributed by atoms with van der Waals surface area (Å²) in [6, 6.07) is 1.33. The summed E-state index contributed by atoms with van der Waals surface area (Å²) in [5.41, 5.74) is 5.48. The van der Waals surface area contributed by atoms with Crippen molar-refractivity contribution in [3.05, 3.63) is 51.3 Å². The standard InChI is InChI=1S/C13H10F2N6O2/c1-6-8-4-17-20(12(8)19-13(16)18-6)5-9-10(14)2-7(21(22)23)3-11(9)15/h2-4H,5H2,1H3,(H2,16,18,19). The third-order valence-corrected chi connectivity index (χ3v) is 3.35. The molecule has 0 unspecified atom stereocenters. The molecule has 23 heavy (non-hydrogen) atoms. The van der Waals surface area contributed by atoms with Gasteiger partial charge in [0.05, 0.1) is 40.9 Å². The maximum Gasteiger partial charge on any atom is 0.275 e. The monoisotopic (exact) mass is 320 g/mol. The summed E-state index contributed by atoms with van der Waals surface area (Å²) < 4.78 is 29.2. The van der Waals surface area contributed by atoms with E-state index in [1.807, 2.05) is 0 Å². The lowest BCUT2D eigenvalue weighted by Crippen LogP contribution is -2.08. The molecule has 2 heterocycles. The summed E-state index contributed by atoms with van der Waals surface area (Å²) in [7, 11) is 0. The van der Waals surface area contributed by atoms with Crippen molar-refractivity contribution in [2.75, 3.05) is 5.73 Å². The lowest BCUT2D eigenvalue weighted by atomic mass is 10.1. The molecule has 0 spiro atoms. The van der Waals surface area contributed by atoms with Gasteiger partial charge in [-0.2, -0.15) is 10.1 Å². The largest absolute Gasteiger partial charge is 0.368 e. The molecule has 2 aromatic heterocycles. The van der Waals surface area contributed by atoms with Gasteiger partial charge in [0.1, 0.15) is 11.6 Å². The Hall–Kier alpha value is -3.17. The van der Waals surface area contributed by atoms with Crippen LogP contribution >= 0.6 is 0 Å². The quantitative estimate of drug-likeness (QED) is 0.583. The molecule has 3 rings (SSSR count). The van der Waals surface area contributed by atoms with Crippen molar-refractivity contribution in [1.29, 1.82) is 0 Å². The van der Waals surface area contributed by atoms with E-state index in [9.17, 15) is 18.9 Å². The molecule has 0 aliphatic carbocycles. The molecule has 0 amide bonds. The number of nitro groups is 1. The number of nitro benzene ring substituents is 1. The lowest BCUT2D eigenvalue weighted by molar-refractivity contribution is -0.385. The molecule has 1 aromatic carbocycles. The van der Waals surface area contributed by atoms with E-state index in [1.54, 1.807) is 6.92 Å². The zero-order valence-corrected chi connectivity index (χ0v) is 11.8. The number of nitrogens with zero attached hydrogens (tertiary/aromatic N) is 5. The lowest BCUT2D eigenvalue weighted by Gasteiger charge is -2.07. The second-order valence-electron chi connectivity index (χ2n) is 4.85. The first-order chi connectivity index (χ1) is 10.9. The summed E-state index contributed by atoms with van der Waals surface area (Å²) in [4.78, 5) is 17.7. The summed E-state index contributed by atoms with van der Waals surface area (Å²) in [6.45, 7) is 1.43. The number of rotatable bonds is 3. The maximum atomic E-state index is 14.0. The molecule has 0 bridgehead atoms. The van der Waals surface area contributed by atoms with Gasteiger partial charge < -0.3 is 5.73 Å². The van der Waals surface area contributed by atoms with E-state index in [-0.39, 0.29) is 18.1 Å². The van der Waals surface area contributed by atoms with Crippen LogP contribution in [0.15, 0.2) is 18.3 Å². The second kappa shape index (κ2) is 5.23. The number of fused-ring (bicyclic) bond motifs is 1. The Labute approximate surface area is 127 Å². The maximum absolute atomic E-state index is 14.0. The Bertz CT molecular complexity index is 917. The number of anilines is 1. The number of benzene rings is 1. The van der Waals surface area contributed by atoms with Crippen LogP contribution < -0.4 is 5.73 Å². The number of hydrogen-bond donors (Lipinski definition) is 1. The molecule has 0 saturated heterocycles. The highest BCUT2D eigenvalue weighted by atomic mass is 19.1. The fourth-order valence-electron chi connectivity index (χ4n) is 2.23. The molecule has 0 fully saturated rings. The Morgan fingerprint density at radius 1 is 1.30 bits per heavy atom. The van der Waals surface area contributed by atoms with Gasteiger partial charge in [-0.05, 0) is 6.92 Å². The molecule has 0 radical (unpaired) electrons. The van der Waals surface area contributed by atoms with Gasteiger partial charge in [0.25, 0.3) is 5.69 Å². The highest BCUT2D eigenvalue weighted by molar-refractivity contribution is 5.78. The third-order valence-electron chi connectivity index (χ3n) is 3.35. The van der Waals surface area contributed by atoms with Gasteiger partial charge in [0.15, 0.2) is 5.65 Å². The molecular weight excluding hydrogens is 310 g/mol. The predicted octanol–water partition coefficient (Wildman–Crippen LogP) is 1.95. The van der Waals surface area contributed by atoms with E-state index in [2.05, 4.69) is 15.1 Å². The van der Waals surface area contributed by atoms with Gasteiger partial charge in [-0.1, -0.05) is 0 Å². The minimum absolute atomic E-state index is 0.0152. The van der Waals surface area contributed by atoms with Crippen LogP contribution in [0, 0.1) is 28.7 Å². The Morgan fingerprint density at radius 3 is 2.57 bits per heavy atom. The average Bonchev–Trinajstić information content (AvgIpc) is 2.85. The molecular formula is C13H10F2N6O2. The summed E-state index contributed by atoms with van der Waals surface area (Å²) >= 11 is 0. The van der Waals surface area contributed by atoms with Crippen LogP contribution in [0.25, 0.3) is 11.0 Å². The van der Waals surface area contributed by atoms with Crippen LogP contribution in [0.5, 0.6) is 0 Å². The van der Waals surface area contributed by atoms with E-state index >= 15 is 0 Å². The summed E-state index contributed by atoms with van der Waals surface area (Å²) in [6.07, 6.45) is 1.46. The molecule has 10 heteroatoms. The van der Waals surface area contributed by atoms with Crippen molar-refractivity contribution in [3.8, 4) is 0 Å². The number of aromatic nitrogens is 4. The van der Waals surface area contributed by atoms with Crippen LogP contribution in [0.4, 0.5) is 20.4 Å². The van der Waals surface area contributed by atoms with Gasteiger partial charge in [-0.15, -0.1) is 0 Å². The number of halogens is 2. The summed E-state index contributed by atoms with van der Waals surface area (Å²) in [5, 5.41) is 15.2. The topological polar surface area (TPSA) is 113 Å². The van der Waals surface area contributed by atoms with Gasteiger partial charge in [0, 0.05) is 5.56 Å². The van der Waals surface area contributed by atoms with E-state index < -0.39 is 22.2 Å². The first-order valence-corrected chi connectivity index (χ1v) is 6.44. The predicted molar refractivity (Wildman–Crippen MR) is 76.6 cm³/mol.